The Balaban J connectivity index is 2.51. The van der Waals surface area contributed by atoms with E-state index in [1.165, 1.54) is 6.07 Å². The molecular weight excluding hydrogens is 236 g/mol. The predicted octanol–water partition coefficient (Wildman–Crippen LogP) is 2.11. The molecule has 1 heterocycles. The molecule has 0 bridgehead atoms. The van der Waals surface area contributed by atoms with E-state index in [1.807, 2.05) is 6.07 Å². The fourth-order valence-corrected chi connectivity index (χ4v) is 1.96. The maximum atomic E-state index is 10.6. The van der Waals surface area contributed by atoms with E-state index in [9.17, 15) is 10.1 Å². The van der Waals surface area contributed by atoms with Gasteiger partial charge in [0.05, 0.1) is 4.92 Å². The molecule has 0 fully saturated rings. The highest BCUT2D eigenvalue weighted by Crippen LogP contribution is 2.36. The Bertz CT molecular complexity index is 367. The molecule has 4 nitrogen and oxygen atoms in total. The summed E-state index contributed by atoms with van der Waals surface area (Å²) in [7, 11) is 0. The number of halogens is 1. The van der Waals surface area contributed by atoms with E-state index in [-0.39, 0.29) is 10.6 Å². The Kier molecular flexibility index (Phi) is 1.95. The highest BCUT2D eigenvalue weighted by atomic mass is 79.9. The van der Waals surface area contributed by atoms with Crippen LogP contribution in [0.3, 0.4) is 0 Å². The first-order valence-electron chi connectivity index (χ1n) is 3.79. The fraction of sp³-hybridized carbons (Fsp3) is 0.250. The molecule has 1 aromatic carbocycles. The lowest BCUT2D eigenvalue weighted by molar-refractivity contribution is -0.384. The van der Waals surface area contributed by atoms with Gasteiger partial charge in [-0.1, -0.05) is 28.1 Å². The van der Waals surface area contributed by atoms with Gasteiger partial charge in [-0.2, -0.15) is 0 Å². The lowest BCUT2D eigenvalue weighted by Gasteiger charge is -1.98. The highest BCUT2D eigenvalue weighted by molar-refractivity contribution is 9.09. The molecular formula is C8H6BrN2O2. The maximum absolute atomic E-state index is 10.6. The molecule has 0 spiro atoms. The minimum atomic E-state index is -0.395. The zero-order valence-corrected chi connectivity index (χ0v) is 8.19. The molecule has 1 aromatic rings. The van der Waals surface area contributed by atoms with Crippen molar-refractivity contribution in [1.29, 1.82) is 0 Å². The van der Waals surface area contributed by atoms with Gasteiger partial charge in [0.25, 0.3) is 5.69 Å². The molecule has 0 aromatic heterocycles. The molecule has 5 heteroatoms. The van der Waals surface area contributed by atoms with Gasteiger partial charge in [0.2, 0.25) is 0 Å². The lowest BCUT2D eigenvalue weighted by Crippen LogP contribution is -2.03. The molecule has 0 saturated heterocycles. The number of para-hydroxylation sites is 1. The van der Waals surface area contributed by atoms with E-state index in [1.54, 1.807) is 6.07 Å². The van der Waals surface area contributed by atoms with Gasteiger partial charge in [0.1, 0.15) is 10.6 Å². The minimum absolute atomic E-state index is 0.0106. The Labute approximate surface area is 83.2 Å². The number of alkyl halides is 1. The van der Waals surface area contributed by atoms with E-state index in [0.717, 1.165) is 12.0 Å². The summed E-state index contributed by atoms with van der Waals surface area (Å²) in [6.45, 7) is 0. The normalized spacial score (nSPS) is 19.3. The summed E-state index contributed by atoms with van der Waals surface area (Å²) in [5.41, 5.74) is 1.56. The predicted molar refractivity (Wildman–Crippen MR) is 51.3 cm³/mol. The van der Waals surface area contributed by atoms with E-state index in [0.29, 0.717) is 5.69 Å². The van der Waals surface area contributed by atoms with E-state index in [4.69, 9.17) is 0 Å². The monoisotopic (exact) mass is 241 g/mol. The molecule has 1 unspecified atom stereocenters. The van der Waals surface area contributed by atoms with Crippen LogP contribution in [0.15, 0.2) is 18.2 Å². The average Bonchev–Trinajstić information content (AvgIpc) is 2.43. The molecule has 0 N–H and O–H groups in total. The van der Waals surface area contributed by atoms with Crippen molar-refractivity contribution in [3.05, 3.63) is 33.9 Å². The van der Waals surface area contributed by atoms with Crippen LogP contribution in [0.5, 0.6) is 0 Å². The highest BCUT2D eigenvalue weighted by Gasteiger charge is 2.27. The summed E-state index contributed by atoms with van der Waals surface area (Å²) in [4.78, 5) is 10.2. The van der Waals surface area contributed by atoms with Crippen LogP contribution in [0.4, 0.5) is 11.4 Å². The van der Waals surface area contributed by atoms with E-state index < -0.39 is 4.92 Å². The third-order valence-corrected chi connectivity index (χ3v) is 2.48. The maximum Gasteiger partial charge on any atom is 0.294 e. The first-order chi connectivity index (χ1) is 6.18. The first kappa shape index (κ1) is 8.50. The second kappa shape index (κ2) is 2.99. The van der Waals surface area contributed by atoms with E-state index in [2.05, 4.69) is 21.2 Å². The van der Waals surface area contributed by atoms with Gasteiger partial charge >= 0.3 is 0 Å². The van der Waals surface area contributed by atoms with Crippen molar-refractivity contribution in [3.63, 3.8) is 0 Å². The van der Waals surface area contributed by atoms with Crippen molar-refractivity contribution >= 4 is 27.3 Å². The number of nitrogens with zero attached hydrogens (tertiary/aromatic N) is 2. The van der Waals surface area contributed by atoms with Crippen molar-refractivity contribution in [2.75, 3.05) is 0 Å². The van der Waals surface area contributed by atoms with Gasteiger partial charge in [-0.15, -0.1) is 0 Å². The summed E-state index contributed by atoms with van der Waals surface area (Å²) >= 11 is 3.31. The van der Waals surface area contributed by atoms with Crippen molar-refractivity contribution in [1.82, 2.24) is 5.32 Å². The number of nitro benzene ring substituents is 1. The standard InChI is InChI=1S/C8H6BrN2O2/c9-7-4-5-2-1-3-6(11(12)13)8(5)10-7/h1-3,7H,4H2. The molecule has 0 aliphatic carbocycles. The molecule has 0 saturated carbocycles. The molecule has 13 heavy (non-hydrogen) atoms. The van der Waals surface area contributed by atoms with Crippen LogP contribution < -0.4 is 5.32 Å². The Morgan fingerprint density at radius 1 is 1.62 bits per heavy atom. The van der Waals surface area contributed by atoms with E-state index >= 15 is 0 Å². The molecule has 1 aliphatic rings. The molecule has 1 radical (unpaired) electrons. The fourth-order valence-electron chi connectivity index (χ4n) is 1.41. The molecule has 1 aliphatic heterocycles. The summed E-state index contributed by atoms with van der Waals surface area (Å²) < 4.78 is 0. The number of rotatable bonds is 1. The number of hydrogen-bond acceptors (Lipinski definition) is 2. The van der Waals surface area contributed by atoms with Crippen LogP contribution in [0.25, 0.3) is 0 Å². The van der Waals surface area contributed by atoms with Crippen LogP contribution in [0.1, 0.15) is 5.56 Å². The van der Waals surface area contributed by atoms with Crippen molar-refractivity contribution in [2.24, 2.45) is 0 Å². The first-order valence-corrected chi connectivity index (χ1v) is 4.71. The molecule has 2 rings (SSSR count). The Morgan fingerprint density at radius 3 is 3.08 bits per heavy atom. The van der Waals surface area contributed by atoms with Crippen LogP contribution in [0, 0.1) is 10.1 Å². The summed E-state index contributed by atoms with van der Waals surface area (Å²) in [5.74, 6) is 0. The van der Waals surface area contributed by atoms with Gasteiger partial charge in [-0.05, 0) is 5.56 Å². The smallest absolute Gasteiger partial charge is 0.263 e. The second-order valence-corrected chi connectivity index (χ2v) is 3.87. The summed E-state index contributed by atoms with van der Waals surface area (Å²) in [6, 6.07) is 5.04. The minimum Gasteiger partial charge on any atom is -0.263 e. The Hall–Kier alpha value is -1.10. The van der Waals surface area contributed by atoms with Crippen LogP contribution in [0.2, 0.25) is 0 Å². The lowest BCUT2D eigenvalue weighted by atomic mass is 10.1. The third kappa shape index (κ3) is 1.39. The van der Waals surface area contributed by atoms with Gasteiger partial charge < -0.3 is 0 Å². The molecule has 67 valence electrons. The van der Waals surface area contributed by atoms with Crippen LogP contribution in [-0.2, 0) is 6.42 Å². The van der Waals surface area contributed by atoms with Gasteiger partial charge in [0.15, 0.2) is 0 Å². The number of hydrogen-bond donors (Lipinski definition) is 0. The molecule has 0 amide bonds. The van der Waals surface area contributed by atoms with Gasteiger partial charge in [-0.25, -0.2) is 0 Å². The average molecular weight is 242 g/mol. The topological polar surface area (TPSA) is 57.2 Å². The van der Waals surface area contributed by atoms with Gasteiger partial charge in [0, 0.05) is 12.5 Å². The number of nitro groups is 1. The number of fused-ring (bicyclic) bond motifs is 1. The zero-order valence-electron chi connectivity index (χ0n) is 6.61. The third-order valence-electron chi connectivity index (χ3n) is 1.95. The SMILES string of the molecule is O=[N+]([O-])c1cccc2c1[N]C(Br)C2. The van der Waals surface area contributed by atoms with Crippen LogP contribution in [-0.4, -0.2) is 9.87 Å². The summed E-state index contributed by atoms with van der Waals surface area (Å²) in [6.07, 6.45) is 0.733. The van der Waals surface area contributed by atoms with Crippen molar-refractivity contribution in [3.8, 4) is 0 Å². The second-order valence-electron chi connectivity index (χ2n) is 2.81. The number of benzene rings is 1. The Morgan fingerprint density at radius 2 is 2.38 bits per heavy atom. The molecule has 1 atom stereocenters. The quantitative estimate of drug-likeness (QED) is 0.327. The zero-order chi connectivity index (χ0) is 9.42. The summed E-state index contributed by atoms with van der Waals surface area (Å²) in [5, 5.41) is 14.7. The largest absolute Gasteiger partial charge is 0.294 e. The van der Waals surface area contributed by atoms with Crippen molar-refractivity contribution < 1.29 is 4.92 Å². The van der Waals surface area contributed by atoms with Crippen LogP contribution >= 0.6 is 15.9 Å². The van der Waals surface area contributed by atoms with Crippen molar-refractivity contribution in [2.45, 2.75) is 11.4 Å². The van der Waals surface area contributed by atoms with Gasteiger partial charge in [-0.3, -0.25) is 15.4 Å².